The molecule has 1 aliphatic heterocycles. The average molecular weight is 477 g/mol. The molecule has 8 nitrogen and oxygen atoms in total. The Labute approximate surface area is 203 Å². The molecule has 0 radical (unpaired) electrons. The van der Waals surface area contributed by atoms with Gasteiger partial charge in [-0.15, -0.1) is 0 Å². The quantitative estimate of drug-likeness (QED) is 0.343. The van der Waals surface area contributed by atoms with E-state index in [1.807, 2.05) is 31.2 Å². The number of nitro benzene ring substituents is 1. The highest BCUT2D eigenvalue weighted by Gasteiger charge is 2.42. The lowest BCUT2D eigenvalue weighted by molar-refractivity contribution is -0.384. The zero-order valence-corrected chi connectivity index (χ0v) is 20.0. The third-order valence-corrected chi connectivity index (χ3v) is 6.48. The van der Waals surface area contributed by atoms with E-state index in [-0.39, 0.29) is 30.4 Å². The summed E-state index contributed by atoms with van der Waals surface area (Å²) < 4.78 is 11.0. The third-order valence-electron chi connectivity index (χ3n) is 6.48. The Bertz CT molecular complexity index is 1250. The molecule has 2 aromatic carbocycles. The zero-order valence-electron chi connectivity index (χ0n) is 20.0. The third kappa shape index (κ3) is 4.69. The minimum atomic E-state index is -0.748. The number of carbonyl (C=O) groups is 2. The van der Waals surface area contributed by atoms with E-state index in [4.69, 9.17) is 9.47 Å². The van der Waals surface area contributed by atoms with E-state index in [1.54, 1.807) is 26.2 Å². The first-order valence-corrected chi connectivity index (χ1v) is 11.6. The lowest BCUT2D eigenvalue weighted by Gasteiger charge is -2.36. The lowest BCUT2D eigenvalue weighted by Crippen LogP contribution is -2.36. The summed E-state index contributed by atoms with van der Waals surface area (Å²) in [6, 6.07) is 13.7. The predicted molar refractivity (Wildman–Crippen MR) is 130 cm³/mol. The van der Waals surface area contributed by atoms with Crippen molar-refractivity contribution in [3.05, 3.63) is 92.3 Å². The van der Waals surface area contributed by atoms with E-state index in [0.29, 0.717) is 35.2 Å². The van der Waals surface area contributed by atoms with Crippen LogP contribution in [0.3, 0.4) is 0 Å². The summed E-state index contributed by atoms with van der Waals surface area (Å²) in [5.74, 6) is -0.769. The van der Waals surface area contributed by atoms with Gasteiger partial charge in [-0.2, -0.15) is 0 Å². The Kier molecular flexibility index (Phi) is 7.00. The highest BCUT2D eigenvalue weighted by Crippen LogP contribution is 2.47. The summed E-state index contributed by atoms with van der Waals surface area (Å²) in [5.41, 5.74) is 3.43. The number of ether oxygens (including phenoxy) is 2. The zero-order chi connectivity index (χ0) is 25.1. The highest BCUT2D eigenvalue weighted by molar-refractivity contribution is 6.04. The minimum Gasteiger partial charge on any atom is -0.496 e. The van der Waals surface area contributed by atoms with Crippen LogP contribution in [0.4, 0.5) is 5.69 Å². The molecule has 1 heterocycles. The van der Waals surface area contributed by atoms with Crippen LogP contribution >= 0.6 is 0 Å². The number of carbonyl (C=O) groups excluding carboxylic acids is 2. The number of allylic oxidation sites excluding steroid dienone is 3. The molecule has 35 heavy (non-hydrogen) atoms. The summed E-state index contributed by atoms with van der Waals surface area (Å²) in [6.07, 6.45) is 1.44. The molecule has 0 bridgehead atoms. The maximum absolute atomic E-state index is 13.7. The number of methoxy groups -OCH3 is 1. The maximum atomic E-state index is 13.7. The fourth-order valence-corrected chi connectivity index (χ4v) is 4.96. The van der Waals surface area contributed by atoms with Gasteiger partial charge in [0.1, 0.15) is 5.75 Å². The number of nitrogens with one attached hydrogen (secondary N) is 1. The number of ketones is 1. The van der Waals surface area contributed by atoms with Gasteiger partial charge in [-0.3, -0.25) is 14.9 Å². The van der Waals surface area contributed by atoms with Gasteiger partial charge >= 0.3 is 5.97 Å². The molecule has 1 aliphatic carbocycles. The van der Waals surface area contributed by atoms with E-state index in [2.05, 4.69) is 5.32 Å². The van der Waals surface area contributed by atoms with Crippen LogP contribution in [0.5, 0.6) is 5.75 Å². The number of rotatable bonds is 7. The van der Waals surface area contributed by atoms with E-state index in [1.165, 1.54) is 12.1 Å². The van der Waals surface area contributed by atoms with Crippen molar-refractivity contribution in [1.29, 1.82) is 0 Å². The molecule has 0 spiro atoms. The molecule has 0 unspecified atom stereocenters. The fourth-order valence-electron chi connectivity index (χ4n) is 4.96. The number of hydrogen-bond acceptors (Lipinski definition) is 7. The van der Waals surface area contributed by atoms with Crippen LogP contribution in [0.15, 0.2) is 71.1 Å². The van der Waals surface area contributed by atoms with Crippen molar-refractivity contribution in [1.82, 2.24) is 5.32 Å². The number of nitro groups is 1. The molecule has 182 valence electrons. The van der Waals surface area contributed by atoms with Crippen molar-refractivity contribution >= 4 is 17.4 Å². The van der Waals surface area contributed by atoms with Crippen molar-refractivity contribution in [2.45, 2.75) is 44.9 Å². The summed E-state index contributed by atoms with van der Waals surface area (Å²) in [5, 5.41) is 14.8. The Hall–Kier alpha value is -3.94. The molecule has 2 aliphatic rings. The van der Waals surface area contributed by atoms with Crippen molar-refractivity contribution in [2.75, 3.05) is 13.7 Å². The molecule has 0 fully saturated rings. The SMILES string of the molecule is CCCOC(=O)C1=C(C)NC2=C(C(=O)C[C@@H](c3ccccc3OC)C2)[C@H]1c1cccc([N+](=O)[O-])c1. The van der Waals surface area contributed by atoms with Crippen molar-refractivity contribution in [2.24, 2.45) is 0 Å². The molecule has 0 aromatic heterocycles. The van der Waals surface area contributed by atoms with Crippen LogP contribution in [0.25, 0.3) is 0 Å². The number of non-ortho nitro benzene ring substituents is 1. The summed E-state index contributed by atoms with van der Waals surface area (Å²) in [7, 11) is 1.60. The van der Waals surface area contributed by atoms with Gasteiger partial charge in [0.15, 0.2) is 5.78 Å². The van der Waals surface area contributed by atoms with Crippen molar-refractivity contribution < 1.29 is 24.0 Å². The topological polar surface area (TPSA) is 108 Å². The van der Waals surface area contributed by atoms with Crippen LogP contribution < -0.4 is 10.1 Å². The van der Waals surface area contributed by atoms with Crippen molar-refractivity contribution in [3.8, 4) is 5.75 Å². The number of dihydropyridines is 1. The van der Waals surface area contributed by atoms with Gasteiger partial charge in [-0.1, -0.05) is 37.3 Å². The summed E-state index contributed by atoms with van der Waals surface area (Å²) >= 11 is 0. The van der Waals surface area contributed by atoms with Crippen LogP contribution in [0.2, 0.25) is 0 Å². The summed E-state index contributed by atoms with van der Waals surface area (Å²) in [4.78, 5) is 37.8. The average Bonchev–Trinajstić information content (AvgIpc) is 2.86. The van der Waals surface area contributed by atoms with Gasteiger partial charge in [-0.25, -0.2) is 4.79 Å². The monoisotopic (exact) mass is 476 g/mol. The van der Waals surface area contributed by atoms with E-state index in [9.17, 15) is 19.7 Å². The molecular formula is C27H28N2O6. The number of Topliss-reactive ketones (excluding diaryl/α,β-unsaturated/α-hetero) is 1. The highest BCUT2D eigenvalue weighted by atomic mass is 16.6. The summed E-state index contributed by atoms with van der Waals surface area (Å²) in [6.45, 7) is 3.91. The molecule has 1 N–H and O–H groups in total. The first-order valence-electron chi connectivity index (χ1n) is 11.6. The maximum Gasteiger partial charge on any atom is 0.336 e. The van der Waals surface area contributed by atoms with Gasteiger partial charge in [0.05, 0.1) is 24.2 Å². The number of benzene rings is 2. The minimum absolute atomic E-state index is 0.0998. The molecule has 4 rings (SSSR count). The standard InChI is InChI=1S/C27H28N2O6/c1-4-12-35-27(31)24-16(2)28-21-14-18(20-10-5-6-11-23(20)34-3)15-22(30)26(21)25(24)17-8-7-9-19(13-17)29(32)33/h5-11,13,18,25,28H,4,12,14-15H2,1-3H3/t18-,25-/m0/s1. The van der Waals surface area contributed by atoms with E-state index in [0.717, 1.165) is 17.0 Å². The predicted octanol–water partition coefficient (Wildman–Crippen LogP) is 4.92. The van der Waals surface area contributed by atoms with Crippen LogP contribution in [0, 0.1) is 10.1 Å². The van der Waals surface area contributed by atoms with Crippen molar-refractivity contribution in [3.63, 3.8) is 0 Å². The van der Waals surface area contributed by atoms with Gasteiger partial charge in [0.25, 0.3) is 5.69 Å². The van der Waals surface area contributed by atoms with Gasteiger partial charge in [-0.05, 0) is 37.0 Å². The largest absolute Gasteiger partial charge is 0.496 e. The Morgan fingerprint density at radius 1 is 1.17 bits per heavy atom. The van der Waals surface area contributed by atoms with Crippen LogP contribution in [-0.2, 0) is 14.3 Å². The Morgan fingerprint density at radius 3 is 2.66 bits per heavy atom. The first kappa shape index (κ1) is 24.2. The molecule has 8 heteroatoms. The second kappa shape index (κ2) is 10.1. The Balaban J connectivity index is 1.82. The smallest absolute Gasteiger partial charge is 0.336 e. The molecule has 0 saturated carbocycles. The normalized spacial score (nSPS) is 19.7. The number of esters is 1. The number of nitrogens with zero attached hydrogens (tertiary/aromatic N) is 1. The van der Waals surface area contributed by atoms with Gasteiger partial charge < -0.3 is 14.8 Å². The van der Waals surface area contributed by atoms with Gasteiger partial charge in [0.2, 0.25) is 0 Å². The van der Waals surface area contributed by atoms with Crippen LogP contribution in [0.1, 0.15) is 56.1 Å². The van der Waals surface area contributed by atoms with E-state index < -0.39 is 16.8 Å². The molecule has 2 aromatic rings. The fraction of sp³-hybridized carbons (Fsp3) is 0.333. The second-order valence-electron chi connectivity index (χ2n) is 8.75. The molecule has 0 saturated heterocycles. The van der Waals surface area contributed by atoms with Gasteiger partial charge in [0, 0.05) is 47.4 Å². The number of hydrogen-bond donors (Lipinski definition) is 1. The second-order valence-corrected chi connectivity index (χ2v) is 8.75. The van der Waals surface area contributed by atoms with Crippen LogP contribution in [-0.4, -0.2) is 30.4 Å². The molecule has 0 amide bonds. The van der Waals surface area contributed by atoms with E-state index >= 15 is 0 Å². The number of para-hydroxylation sites is 1. The molecule has 2 atom stereocenters. The Morgan fingerprint density at radius 2 is 1.94 bits per heavy atom. The molecular weight excluding hydrogens is 448 g/mol. The lowest BCUT2D eigenvalue weighted by atomic mass is 9.71. The first-order chi connectivity index (χ1) is 16.8.